The van der Waals surface area contributed by atoms with Gasteiger partial charge in [0.25, 0.3) is 0 Å². The average Bonchev–Trinajstić information content (AvgIpc) is 3.57. The molecule has 1 fully saturated rings. The van der Waals surface area contributed by atoms with Gasteiger partial charge in [-0.05, 0) is 109 Å². The van der Waals surface area contributed by atoms with Crippen molar-refractivity contribution in [3.05, 3.63) is 72.9 Å². The number of allylic oxidation sites excluding steroid dienone is 12. The van der Waals surface area contributed by atoms with Gasteiger partial charge in [0.2, 0.25) is 0 Å². The van der Waals surface area contributed by atoms with Gasteiger partial charge in [-0.15, -0.1) is 0 Å². The van der Waals surface area contributed by atoms with Gasteiger partial charge in [0.15, 0.2) is 24.6 Å². The molecule has 6 unspecified atom stereocenters. The van der Waals surface area contributed by atoms with Crippen LogP contribution >= 0.6 is 0 Å². The van der Waals surface area contributed by atoms with Crippen molar-refractivity contribution in [3.63, 3.8) is 0 Å². The van der Waals surface area contributed by atoms with Crippen molar-refractivity contribution in [3.8, 4) is 0 Å². The summed E-state index contributed by atoms with van der Waals surface area (Å²) in [5.74, 6) is -3.13. The predicted octanol–water partition coefficient (Wildman–Crippen LogP) is 18.5. The van der Waals surface area contributed by atoms with Gasteiger partial charge in [-0.3, -0.25) is 14.4 Å². The first-order valence-electron chi connectivity index (χ1n) is 33.9. The number of aliphatic carboxylic acids is 1. The summed E-state index contributed by atoms with van der Waals surface area (Å²) in [6.07, 6.45) is 62.8. The van der Waals surface area contributed by atoms with Crippen LogP contribution in [0.15, 0.2) is 72.9 Å². The number of aliphatic hydroxyl groups excluding tert-OH is 2. The molecule has 0 bridgehead atoms. The first-order valence-corrected chi connectivity index (χ1v) is 33.9. The standard InChI is InChI=1S/C71H122O12/c1-4-7-10-13-16-19-22-25-28-30-32-34-37-39-42-45-48-51-54-57-63(72)79-60-62(81-64(73)58-55-52-49-46-43-41-38-35-33-31-29-26-23-20-17-14-11-8-5-2)61-80-71-69(67(76)66(75)68(83-71)70(77)78)82-65(74)59-56-53-50-47-44-40-36-27-24-21-18-15-12-9-6-3/h9,12,16,18-19,21,25-29,36,62,66-69,71,75-76H,4-8,10-11,13-15,17,20,22-24,30-35,37-61H2,1-3H3,(H,77,78)/b12-9-,19-16-,21-18-,28-25-,29-26-,36-27-. The number of carboxylic acid groups (broad SMARTS) is 1. The van der Waals surface area contributed by atoms with E-state index in [-0.39, 0.29) is 25.9 Å². The lowest BCUT2D eigenvalue weighted by molar-refractivity contribution is -0.301. The fourth-order valence-corrected chi connectivity index (χ4v) is 10.1. The minimum atomic E-state index is -1.91. The van der Waals surface area contributed by atoms with Crippen LogP contribution in [0.3, 0.4) is 0 Å². The second-order valence-electron chi connectivity index (χ2n) is 23.1. The van der Waals surface area contributed by atoms with E-state index in [1.54, 1.807) is 0 Å². The lowest BCUT2D eigenvalue weighted by Gasteiger charge is -2.40. The van der Waals surface area contributed by atoms with Crippen molar-refractivity contribution in [2.75, 3.05) is 13.2 Å². The van der Waals surface area contributed by atoms with Crippen LogP contribution in [-0.2, 0) is 42.9 Å². The van der Waals surface area contributed by atoms with Crippen LogP contribution < -0.4 is 0 Å². The molecule has 1 aliphatic heterocycles. The molecule has 0 saturated carbocycles. The summed E-state index contributed by atoms with van der Waals surface area (Å²) in [5, 5.41) is 31.6. The Morgan fingerprint density at radius 1 is 0.410 bits per heavy atom. The third kappa shape index (κ3) is 48.0. The Labute approximate surface area is 506 Å². The summed E-state index contributed by atoms with van der Waals surface area (Å²) in [4.78, 5) is 51.4. The molecule has 12 nitrogen and oxygen atoms in total. The average molecular weight is 1170 g/mol. The molecular formula is C71H122O12. The third-order valence-corrected chi connectivity index (χ3v) is 15.2. The lowest BCUT2D eigenvalue weighted by atomic mass is 9.98. The van der Waals surface area contributed by atoms with Gasteiger partial charge >= 0.3 is 23.9 Å². The van der Waals surface area contributed by atoms with Crippen molar-refractivity contribution in [2.24, 2.45) is 0 Å². The molecular weight excluding hydrogens is 1040 g/mol. The van der Waals surface area contributed by atoms with E-state index >= 15 is 0 Å². The normalized spacial score (nSPS) is 18.0. The van der Waals surface area contributed by atoms with Crippen LogP contribution in [0.2, 0.25) is 0 Å². The second-order valence-corrected chi connectivity index (χ2v) is 23.1. The first-order chi connectivity index (χ1) is 40.6. The minimum absolute atomic E-state index is 0.0397. The molecule has 0 radical (unpaired) electrons. The fourth-order valence-electron chi connectivity index (χ4n) is 10.1. The van der Waals surface area contributed by atoms with E-state index in [9.17, 15) is 34.5 Å². The molecule has 83 heavy (non-hydrogen) atoms. The highest BCUT2D eigenvalue weighted by molar-refractivity contribution is 5.74. The van der Waals surface area contributed by atoms with Crippen molar-refractivity contribution >= 4 is 23.9 Å². The maximum Gasteiger partial charge on any atom is 0.335 e. The quantitative estimate of drug-likeness (QED) is 0.0228. The van der Waals surface area contributed by atoms with Crippen LogP contribution in [0.5, 0.6) is 0 Å². The number of carbonyl (C=O) groups excluding carboxylic acids is 3. The van der Waals surface area contributed by atoms with Crippen LogP contribution in [-0.4, -0.2) is 89.2 Å². The number of carbonyl (C=O) groups is 4. The predicted molar refractivity (Wildman–Crippen MR) is 340 cm³/mol. The number of aliphatic hydroxyl groups is 2. The van der Waals surface area contributed by atoms with E-state index in [0.29, 0.717) is 19.3 Å². The number of carboxylic acids is 1. The minimum Gasteiger partial charge on any atom is -0.479 e. The maximum absolute atomic E-state index is 13.2. The molecule has 0 aromatic carbocycles. The third-order valence-electron chi connectivity index (χ3n) is 15.2. The van der Waals surface area contributed by atoms with Gasteiger partial charge in [-0.1, -0.05) is 248 Å². The van der Waals surface area contributed by atoms with Gasteiger partial charge in [0.1, 0.15) is 18.8 Å². The highest BCUT2D eigenvalue weighted by atomic mass is 16.7. The molecule has 0 aromatic rings. The second kappa shape index (κ2) is 58.5. The first kappa shape index (κ1) is 77.2. The lowest BCUT2D eigenvalue weighted by Crippen LogP contribution is -2.61. The summed E-state index contributed by atoms with van der Waals surface area (Å²) in [6.45, 7) is 5.88. The van der Waals surface area contributed by atoms with Gasteiger partial charge < -0.3 is 39.0 Å². The molecule has 1 heterocycles. The molecule has 478 valence electrons. The Morgan fingerprint density at radius 2 is 0.759 bits per heavy atom. The summed E-state index contributed by atoms with van der Waals surface area (Å²) in [7, 11) is 0. The Hall–Kier alpha value is -3.84. The van der Waals surface area contributed by atoms with Gasteiger partial charge in [0.05, 0.1) is 6.61 Å². The number of rotatable bonds is 58. The van der Waals surface area contributed by atoms with Gasteiger partial charge in [0, 0.05) is 19.3 Å². The van der Waals surface area contributed by atoms with Gasteiger partial charge in [-0.25, -0.2) is 4.79 Å². The zero-order valence-electron chi connectivity index (χ0n) is 52.9. The van der Waals surface area contributed by atoms with Crippen LogP contribution in [0.4, 0.5) is 0 Å². The summed E-state index contributed by atoms with van der Waals surface area (Å²) >= 11 is 0. The molecule has 0 spiro atoms. The smallest absolute Gasteiger partial charge is 0.335 e. The Kier molecular flexibility index (Phi) is 54.4. The molecule has 1 saturated heterocycles. The SMILES string of the molecule is CC/C=C\C/C=C\C/C=C\CCCCCCCC(=O)OC1C(OCC(COC(=O)CCCCCCCCCCC/C=C\C/C=C\CCCCC)OC(=O)CCCCCCCCCCC/C=C\CCCCCCCC)OC(C(=O)O)C(O)C1O. The number of unbranched alkanes of at least 4 members (excludes halogenated alkanes) is 32. The molecule has 3 N–H and O–H groups in total. The molecule has 0 aromatic heterocycles. The van der Waals surface area contributed by atoms with Gasteiger partial charge in [-0.2, -0.15) is 0 Å². The number of ether oxygens (including phenoxy) is 5. The monoisotopic (exact) mass is 1170 g/mol. The highest BCUT2D eigenvalue weighted by Gasteiger charge is 2.50. The topological polar surface area (TPSA) is 175 Å². The van der Waals surface area contributed by atoms with Crippen molar-refractivity contribution in [2.45, 2.75) is 340 Å². The summed E-state index contributed by atoms with van der Waals surface area (Å²) in [5.41, 5.74) is 0. The highest BCUT2D eigenvalue weighted by Crippen LogP contribution is 2.27. The fraction of sp³-hybridized carbons (Fsp3) is 0.775. The molecule has 1 rings (SSSR count). The van der Waals surface area contributed by atoms with E-state index in [1.165, 1.54) is 135 Å². The summed E-state index contributed by atoms with van der Waals surface area (Å²) in [6, 6.07) is 0. The Bertz CT molecular complexity index is 1720. The maximum atomic E-state index is 13.2. The Morgan fingerprint density at radius 3 is 1.19 bits per heavy atom. The van der Waals surface area contributed by atoms with E-state index in [4.69, 9.17) is 23.7 Å². The van der Waals surface area contributed by atoms with Crippen LogP contribution in [0.1, 0.15) is 303 Å². The van der Waals surface area contributed by atoms with Crippen molar-refractivity contribution in [1.82, 2.24) is 0 Å². The zero-order chi connectivity index (χ0) is 60.3. The summed E-state index contributed by atoms with van der Waals surface area (Å²) < 4.78 is 28.6. The van der Waals surface area contributed by atoms with E-state index in [0.717, 1.165) is 109 Å². The molecule has 6 atom stereocenters. The van der Waals surface area contributed by atoms with E-state index in [2.05, 4.69) is 93.7 Å². The van der Waals surface area contributed by atoms with Crippen molar-refractivity contribution in [1.29, 1.82) is 0 Å². The molecule has 1 aliphatic rings. The van der Waals surface area contributed by atoms with Crippen LogP contribution in [0, 0.1) is 0 Å². The molecule has 12 heteroatoms. The number of esters is 3. The largest absolute Gasteiger partial charge is 0.479 e. The number of hydrogen-bond acceptors (Lipinski definition) is 11. The zero-order valence-corrected chi connectivity index (χ0v) is 52.9. The van der Waals surface area contributed by atoms with E-state index < -0.39 is 67.3 Å². The van der Waals surface area contributed by atoms with E-state index in [1.807, 2.05) is 0 Å². The Balaban J connectivity index is 2.65. The van der Waals surface area contributed by atoms with Crippen molar-refractivity contribution < 1.29 is 58.2 Å². The molecule has 0 aliphatic carbocycles. The molecule has 0 amide bonds. The van der Waals surface area contributed by atoms with Crippen LogP contribution in [0.25, 0.3) is 0 Å². The number of hydrogen-bond donors (Lipinski definition) is 3.